The molecular formula is C17H25Cl. The monoisotopic (exact) mass is 264 g/mol. The zero-order valence-corrected chi connectivity index (χ0v) is 12.5. The summed E-state index contributed by atoms with van der Waals surface area (Å²) in [6, 6.07) is 9.33. The van der Waals surface area contributed by atoms with Crippen molar-refractivity contribution in [2.75, 3.05) is 5.88 Å². The van der Waals surface area contributed by atoms with E-state index in [9.17, 15) is 0 Å². The summed E-state index contributed by atoms with van der Waals surface area (Å²) in [6.07, 6.45) is 8.04. The van der Waals surface area contributed by atoms with Crippen LogP contribution >= 0.6 is 11.6 Å². The van der Waals surface area contributed by atoms with Gasteiger partial charge < -0.3 is 0 Å². The van der Waals surface area contributed by atoms with E-state index in [-0.39, 0.29) is 5.41 Å². The summed E-state index contributed by atoms with van der Waals surface area (Å²) < 4.78 is 0. The molecular weight excluding hydrogens is 240 g/mol. The van der Waals surface area contributed by atoms with Gasteiger partial charge in [-0.2, -0.15) is 0 Å². The van der Waals surface area contributed by atoms with Crippen molar-refractivity contribution in [2.45, 2.75) is 63.7 Å². The fraction of sp³-hybridized carbons (Fsp3) is 0.647. The number of benzene rings is 1. The highest BCUT2D eigenvalue weighted by Gasteiger charge is 2.21. The molecule has 1 aliphatic carbocycles. The third-order valence-corrected chi connectivity index (χ3v) is 4.68. The Morgan fingerprint density at radius 2 is 1.67 bits per heavy atom. The number of halogens is 1. The van der Waals surface area contributed by atoms with Crippen LogP contribution in [-0.4, -0.2) is 5.88 Å². The highest BCUT2D eigenvalue weighted by Crippen LogP contribution is 2.34. The normalized spacial score (nSPS) is 17.9. The Bertz CT molecular complexity index is 358. The zero-order chi connectivity index (χ0) is 13.0. The van der Waals surface area contributed by atoms with Crippen molar-refractivity contribution >= 4 is 11.6 Å². The maximum absolute atomic E-state index is 5.89. The van der Waals surface area contributed by atoms with Gasteiger partial charge in [-0.05, 0) is 41.7 Å². The van der Waals surface area contributed by atoms with E-state index >= 15 is 0 Å². The molecule has 100 valence electrons. The summed E-state index contributed by atoms with van der Waals surface area (Å²) in [4.78, 5) is 0. The van der Waals surface area contributed by atoms with Crippen molar-refractivity contribution in [2.24, 2.45) is 0 Å². The van der Waals surface area contributed by atoms with Crippen molar-refractivity contribution in [1.82, 2.24) is 0 Å². The first-order valence-electron chi connectivity index (χ1n) is 7.30. The predicted octanol–water partition coefficient (Wildman–Crippen LogP) is 5.64. The molecule has 1 aromatic carbocycles. The molecule has 2 rings (SSSR count). The zero-order valence-electron chi connectivity index (χ0n) is 11.7. The summed E-state index contributed by atoms with van der Waals surface area (Å²) in [6.45, 7) is 4.57. The van der Waals surface area contributed by atoms with Crippen LogP contribution in [0.1, 0.15) is 69.4 Å². The smallest absolute Gasteiger partial charge is 0.0231 e. The van der Waals surface area contributed by atoms with E-state index in [1.54, 1.807) is 5.56 Å². The summed E-state index contributed by atoms with van der Waals surface area (Å²) in [5, 5.41) is 0. The lowest BCUT2D eigenvalue weighted by atomic mass is 9.79. The molecule has 18 heavy (non-hydrogen) atoms. The van der Waals surface area contributed by atoms with Crippen LogP contribution in [0.15, 0.2) is 24.3 Å². The lowest BCUT2D eigenvalue weighted by Crippen LogP contribution is -2.17. The minimum Gasteiger partial charge on any atom is -0.127 e. The Morgan fingerprint density at radius 3 is 2.22 bits per heavy atom. The predicted molar refractivity (Wildman–Crippen MR) is 80.6 cm³/mol. The Balaban J connectivity index is 2.09. The molecule has 1 aromatic rings. The Morgan fingerprint density at radius 1 is 1.06 bits per heavy atom. The fourth-order valence-corrected chi connectivity index (χ4v) is 3.50. The third kappa shape index (κ3) is 3.29. The molecule has 0 aliphatic heterocycles. The SMILES string of the molecule is CC(C)(CCCl)c1ccc(C2CCCCC2)cc1. The lowest BCUT2D eigenvalue weighted by Gasteiger charge is -2.26. The molecule has 1 fully saturated rings. The second-order valence-corrected chi connectivity index (χ2v) is 6.66. The molecule has 0 nitrogen and oxygen atoms in total. The molecule has 0 unspecified atom stereocenters. The van der Waals surface area contributed by atoms with E-state index in [2.05, 4.69) is 38.1 Å². The van der Waals surface area contributed by atoms with E-state index in [1.165, 1.54) is 37.7 Å². The van der Waals surface area contributed by atoms with E-state index in [4.69, 9.17) is 11.6 Å². The third-order valence-electron chi connectivity index (χ3n) is 4.49. The Kier molecular flexibility index (Phi) is 4.72. The maximum atomic E-state index is 5.89. The van der Waals surface area contributed by atoms with Crippen molar-refractivity contribution in [1.29, 1.82) is 0 Å². The summed E-state index contributed by atoms with van der Waals surface area (Å²) in [5.74, 6) is 1.54. The Hall–Kier alpha value is -0.490. The summed E-state index contributed by atoms with van der Waals surface area (Å²) in [7, 11) is 0. The average molecular weight is 265 g/mol. The van der Waals surface area contributed by atoms with Gasteiger partial charge in [-0.3, -0.25) is 0 Å². The lowest BCUT2D eigenvalue weighted by molar-refractivity contribution is 0.443. The van der Waals surface area contributed by atoms with Crippen molar-refractivity contribution in [3.63, 3.8) is 0 Å². The molecule has 0 saturated heterocycles. The minimum absolute atomic E-state index is 0.201. The maximum Gasteiger partial charge on any atom is 0.0231 e. The van der Waals surface area contributed by atoms with Crippen LogP contribution in [0.3, 0.4) is 0 Å². The summed E-state index contributed by atoms with van der Waals surface area (Å²) in [5.41, 5.74) is 3.16. The second kappa shape index (κ2) is 6.10. The molecule has 0 aromatic heterocycles. The van der Waals surface area contributed by atoms with Gasteiger partial charge in [-0.15, -0.1) is 11.6 Å². The van der Waals surface area contributed by atoms with Gasteiger partial charge in [0.05, 0.1) is 0 Å². The van der Waals surface area contributed by atoms with Gasteiger partial charge in [0, 0.05) is 5.88 Å². The molecule has 0 heterocycles. The second-order valence-electron chi connectivity index (χ2n) is 6.28. The number of hydrogen-bond acceptors (Lipinski definition) is 0. The van der Waals surface area contributed by atoms with Crippen molar-refractivity contribution in [3.8, 4) is 0 Å². The highest BCUT2D eigenvalue weighted by atomic mass is 35.5. The van der Waals surface area contributed by atoms with Crippen LogP contribution in [0.5, 0.6) is 0 Å². The molecule has 0 spiro atoms. The first-order valence-corrected chi connectivity index (χ1v) is 7.83. The van der Waals surface area contributed by atoms with Gasteiger partial charge >= 0.3 is 0 Å². The van der Waals surface area contributed by atoms with Crippen LogP contribution in [-0.2, 0) is 5.41 Å². The van der Waals surface area contributed by atoms with Crippen LogP contribution in [0.25, 0.3) is 0 Å². The molecule has 1 aliphatic rings. The first kappa shape index (κ1) is 13.9. The van der Waals surface area contributed by atoms with Gasteiger partial charge in [-0.25, -0.2) is 0 Å². The van der Waals surface area contributed by atoms with E-state index in [1.807, 2.05) is 0 Å². The quantitative estimate of drug-likeness (QED) is 0.617. The largest absolute Gasteiger partial charge is 0.127 e. The van der Waals surface area contributed by atoms with Gasteiger partial charge in [0.15, 0.2) is 0 Å². The van der Waals surface area contributed by atoms with E-state index < -0.39 is 0 Å². The average Bonchev–Trinajstić information content (AvgIpc) is 2.40. The van der Waals surface area contributed by atoms with Gasteiger partial charge in [-0.1, -0.05) is 57.4 Å². The highest BCUT2D eigenvalue weighted by molar-refractivity contribution is 6.17. The number of hydrogen-bond donors (Lipinski definition) is 0. The van der Waals surface area contributed by atoms with Crippen LogP contribution in [0, 0.1) is 0 Å². The Labute approximate surface area is 117 Å². The molecule has 0 atom stereocenters. The standard InChI is InChI=1S/C17H25Cl/c1-17(2,12-13-18)16-10-8-15(9-11-16)14-6-4-3-5-7-14/h8-11,14H,3-7,12-13H2,1-2H3. The van der Waals surface area contributed by atoms with Gasteiger partial charge in [0.1, 0.15) is 0 Å². The molecule has 1 saturated carbocycles. The molecule has 1 heteroatoms. The van der Waals surface area contributed by atoms with Crippen LogP contribution in [0.2, 0.25) is 0 Å². The van der Waals surface area contributed by atoms with Crippen molar-refractivity contribution in [3.05, 3.63) is 35.4 Å². The molecule has 0 radical (unpaired) electrons. The number of rotatable bonds is 4. The first-order chi connectivity index (χ1) is 8.63. The number of alkyl halides is 1. The van der Waals surface area contributed by atoms with Crippen LogP contribution in [0.4, 0.5) is 0 Å². The molecule has 0 bridgehead atoms. The minimum atomic E-state index is 0.201. The van der Waals surface area contributed by atoms with Gasteiger partial charge in [0.25, 0.3) is 0 Å². The molecule has 0 N–H and O–H groups in total. The van der Waals surface area contributed by atoms with E-state index in [0.29, 0.717) is 0 Å². The summed E-state index contributed by atoms with van der Waals surface area (Å²) >= 11 is 5.89. The van der Waals surface area contributed by atoms with Crippen molar-refractivity contribution < 1.29 is 0 Å². The fourth-order valence-electron chi connectivity index (χ4n) is 3.02. The van der Waals surface area contributed by atoms with Crippen LogP contribution < -0.4 is 0 Å². The van der Waals surface area contributed by atoms with E-state index in [0.717, 1.165) is 18.2 Å². The topological polar surface area (TPSA) is 0 Å². The molecule has 0 amide bonds. The van der Waals surface area contributed by atoms with Gasteiger partial charge in [0.2, 0.25) is 0 Å².